The van der Waals surface area contributed by atoms with Gasteiger partial charge >= 0.3 is 36.4 Å². The molecule has 29 heteroatoms. The number of carbonyl (C=O) groups is 6. The van der Waals surface area contributed by atoms with Gasteiger partial charge in [-0.15, -0.1) is 12.4 Å². The lowest BCUT2D eigenvalue weighted by Gasteiger charge is -2.33. The number of urea groups is 2. The molecule has 6 heterocycles. The third-order valence-electron chi connectivity index (χ3n) is 14.8. The number of nitrogen functional groups attached to an aromatic ring is 1. The molecule has 0 saturated carbocycles. The van der Waals surface area contributed by atoms with Gasteiger partial charge in [0.15, 0.2) is 17.5 Å². The molecule has 3 aliphatic heterocycles. The van der Waals surface area contributed by atoms with E-state index in [-0.39, 0.29) is 53.6 Å². The van der Waals surface area contributed by atoms with E-state index in [9.17, 15) is 41.9 Å². The van der Waals surface area contributed by atoms with Gasteiger partial charge in [-0.2, -0.15) is 0 Å². The van der Waals surface area contributed by atoms with Gasteiger partial charge in [0.1, 0.15) is 5.75 Å². The highest BCUT2D eigenvalue weighted by Gasteiger charge is 2.26. The van der Waals surface area contributed by atoms with E-state index < -0.39 is 29.8 Å². The van der Waals surface area contributed by atoms with Gasteiger partial charge in [-0.1, -0.05) is 54.6 Å². The summed E-state index contributed by atoms with van der Waals surface area (Å²) in [7, 11) is 4.08. The molecule has 0 spiro atoms. The Morgan fingerprint density at radius 2 is 0.758 bits per heavy atom. The predicted octanol–water partition coefficient (Wildman–Crippen LogP) is 10.8. The van der Waals surface area contributed by atoms with Crippen LogP contribution in [0.5, 0.6) is 5.75 Å². The number of amides is 8. The Labute approximate surface area is 555 Å². The summed E-state index contributed by atoms with van der Waals surface area (Å²) in [4.78, 5) is 93.7. The number of rotatable bonds is 12. The fourth-order valence-corrected chi connectivity index (χ4v) is 9.63. The van der Waals surface area contributed by atoms with E-state index >= 15 is 0 Å². The molecule has 25 nitrogen and oxygen atoms in total. The van der Waals surface area contributed by atoms with E-state index in [1.807, 2.05) is 32.9 Å². The fraction of sp³-hybridized carbons (Fsp3) is 0.318. The Hall–Kier alpha value is -10.3. The summed E-state index contributed by atoms with van der Waals surface area (Å²) in [6, 6.07) is 33.2. The monoisotopic (exact) mass is 1330 g/mol. The molecule has 0 aliphatic carbocycles. The van der Waals surface area contributed by atoms with Crippen LogP contribution in [-0.4, -0.2) is 181 Å². The number of nitrogens with one attached hydrogen (secondary N) is 5. The number of benzene rings is 4. The van der Waals surface area contributed by atoms with Crippen molar-refractivity contribution in [2.24, 2.45) is 0 Å². The Morgan fingerprint density at radius 3 is 1.09 bits per heavy atom. The average Bonchev–Trinajstić information content (AvgIpc) is 1.00. The van der Waals surface area contributed by atoms with E-state index in [4.69, 9.17) is 19.9 Å². The van der Waals surface area contributed by atoms with Crippen LogP contribution >= 0.6 is 12.4 Å². The van der Waals surface area contributed by atoms with E-state index in [2.05, 4.69) is 61.0 Å². The quantitative estimate of drug-likeness (QED) is 0.0490. The van der Waals surface area contributed by atoms with Gasteiger partial charge in [0, 0.05) is 132 Å². The first-order chi connectivity index (χ1) is 45.3. The smallest absolute Gasteiger partial charge is 0.417 e. The zero-order valence-electron chi connectivity index (χ0n) is 53.6. The molecule has 0 bridgehead atoms. The van der Waals surface area contributed by atoms with Crippen molar-refractivity contribution in [1.82, 2.24) is 44.4 Å². The molecule has 3 fully saturated rings. The first-order valence-electron chi connectivity index (χ1n) is 30.0. The molecule has 0 unspecified atom stereocenters. The molecular weight excluding hydrogens is 1260 g/mol. The molecule has 0 radical (unpaired) electrons. The zero-order valence-corrected chi connectivity index (χ0v) is 54.4. The second kappa shape index (κ2) is 37.4. The molecule has 10 rings (SSSR count). The number of anilines is 6. The Bertz CT molecular complexity index is 3480. The van der Waals surface area contributed by atoms with Gasteiger partial charge in [0.2, 0.25) is 0 Å². The molecule has 7 N–H and O–H groups in total. The van der Waals surface area contributed by atoms with Crippen molar-refractivity contribution < 1.29 is 60.9 Å². The molecule has 7 aromatic rings. The van der Waals surface area contributed by atoms with Gasteiger partial charge in [-0.25, -0.2) is 41.9 Å². The number of halogens is 4. The standard InChI is InChI=1S/2C20H24FN5O3.C13H18FN3O2.C13H12N2O2.ClH/c2*1-14-6-7-16(12-22-14)23-19(27)24-17-5-3-4-15(18(17)21)13-25-8-10-26(11-9-25)20(28)29-2;1-19-13(18)17-7-5-16(6-8-17)9-10-3-2-4-11(15)12(10)14;1-10-7-8-11(9-14-10)15-13(16)17-12-5-3-2-4-6-12;/h2*3-7,12H,8-11,13H2,1-2H3,(H2,23,24,27);2-4H,5-9,15H2,1H3;2-9H,1H3,(H,15,16);1H. The van der Waals surface area contributed by atoms with Crippen LogP contribution in [0.15, 0.2) is 140 Å². The number of aromatic nitrogens is 3. The van der Waals surface area contributed by atoms with Crippen LogP contribution in [0.1, 0.15) is 33.8 Å². The number of piperazine rings is 3. The molecular formula is C66H79ClF3N15O10. The SMILES string of the molecule is COC(=O)N1CCN(Cc2cccc(N)c2F)CC1.COC(=O)N1CCN(Cc2cccc(NC(=O)Nc3ccc(C)nc3)c2F)CC1.COC(=O)N1CCN(Cc2cccc(NC(=O)Nc3ccc(C)nc3)c2F)CC1.Cc1ccc(NC(=O)Oc2ccccc2)cn1.Cl. The third kappa shape index (κ3) is 23.7. The van der Waals surface area contributed by atoms with Crippen LogP contribution in [0.25, 0.3) is 0 Å². The zero-order chi connectivity index (χ0) is 67.5. The second-order valence-electron chi connectivity index (χ2n) is 21.6. The van der Waals surface area contributed by atoms with Crippen LogP contribution in [-0.2, 0) is 33.8 Å². The van der Waals surface area contributed by atoms with Crippen molar-refractivity contribution >= 4 is 83.0 Å². The van der Waals surface area contributed by atoms with Crippen molar-refractivity contribution in [2.75, 3.05) is 132 Å². The summed E-state index contributed by atoms with van der Waals surface area (Å²) in [5.41, 5.74) is 11.7. The van der Waals surface area contributed by atoms with Crippen molar-refractivity contribution in [3.05, 3.63) is 191 Å². The summed E-state index contributed by atoms with van der Waals surface area (Å²) in [5.74, 6) is -0.789. The first-order valence-corrected chi connectivity index (χ1v) is 30.0. The molecule has 3 aromatic heterocycles. The number of pyridine rings is 3. The lowest BCUT2D eigenvalue weighted by atomic mass is 10.1. The summed E-state index contributed by atoms with van der Waals surface area (Å²) in [6.07, 6.45) is 3.12. The summed E-state index contributed by atoms with van der Waals surface area (Å²) in [6.45, 7) is 14.0. The Kier molecular flexibility index (Phi) is 29.1. The largest absolute Gasteiger partial charge is 0.453 e. The molecule has 506 valence electrons. The fourth-order valence-electron chi connectivity index (χ4n) is 9.63. The molecule has 95 heavy (non-hydrogen) atoms. The van der Waals surface area contributed by atoms with E-state index in [1.54, 1.807) is 118 Å². The maximum atomic E-state index is 14.9. The summed E-state index contributed by atoms with van der Waals surface area (Å²) in [5, 5.41) is 12.9. The van der Waals surface area contributed by atoms with Gasteiger partial charge in [-0.05, 0) is 87.5 Å². The maximum Gasteiger partial charge on any atom is 0.417 e. The van der Waals surface area contributed by atoms with Gasteiger partial charge in [0.25, 0.3) is 0 Å². The summed E-state index contributed by atoms with van der Waals surface area (Å²) < 4.78 is 62.7. The molecule has 4 aromatic carbocycles. The Balaban J connectivity index is 0.000000205. The summed E-state index contributed by atoms with van der Waals surface area (Å²) >= 11 is 0. The van der Waals surface area contributed by atoms with Crippen molar-refractivity contribution in [1.29, 1.82) is 0 Å². The van der Waals surface area contributed by atoms with Crippen LogP contribution in [0, 0.1) is 38.2 Å². The number of ether oxygens (including phenoxy) is 4. The molecule has 0 atom stereocenters. The van der Waals surface area contributed by atoms with Crippen LogP contribution in [0.2, 0.25) is 0 Å². The Morgan fingerprint density at radius 1 is 0.421 bits per heavy atom. The number of hydrogen-bond donors (Lipinski definition) is 6. The van der Waals surface area contributed by atoms with Gasteiger partial charge < -0.3 is 60.6 Å². The third-order valence-corrected chi connectivity index (χ3v) is 14.8. The molecule has 3 aliphatic rings. The topological polar surface area (TPSA) is 284 Å². The molecule has 3 saturated heterocycles. The number of nitrogens with zero attached hydrogens (tertiary/aromatic N) is 9. The highest BCUT2D eigenvalue weighted by molar-refractivity contribution is 6.00. The second-order valence-corrected chi connectivity index (χ2v) is 21.6. The molecule has 8 amide bonds. The van der Waals surface area contributed by atoms with E-state index in [0.717, 1.165) is 17.1 Å². The average molecular weight is 1330 g/mol. The normalized spacial score (nSPS) is 13.8. The van der Waals surface area contributed by atoms with Crippen LogP contribution in [0.3, 0.4) is 0 Å². The first kappa shape index (κ1) is 73.8. The van der Waals surface area contributed by atoms with Crippen molar-refractivity contribution in [2.45, 2.75) is 40.4 Å². The number of aryl methyl sites for hydroxylation is 3. The van der Waals surface area contributed by atoms with Crippen molar-refractivity contribution in [3.8, 4) is 5.75 Å². The van der Waals surface area contributed by atoms with Gasteiger partial charge in [0.05, 0.1) is 74.0 Å². The van der Waals surface area contributed by atoms with Gasteiger partial charge in [-0.3, -0.25) is 35.0 Å². The minimum atomic E-state index is -0.543. The predicted molar refractivity (Wildman–Crippen MR) is 357 cm³/mol. The highest BCUT2D eigenvalue weighted by Crippen LogP contribution is 2.24. The lowest BCUT2D eigenvalue weighted by Crippen LogP contribution is -2.48. The minimum absolute atomic E-state index is 0. The van der Waals surface area contributed by atoms with Crippen LogP contribution < -0.4 is 37.1 Å². The van der Waals surface area contributed by atoms with E-state index in [0.29, 0.717) is 138 Å². The van der Waals surface area contributed by atoms with Crippen molar-refractivity contribution in [3.63, 3.8) is 0 Å². The number of carbonyl (C=O) groups excluding carboxylic acids is 6. The van der Waals surface area contributed by atoms with E-state index in [1.165, 1.54) is 45.9 Å². The van der Waals surface area contributed by atoms with Crippen LogP contribution in [0.4, 0.5) is 76.1 Å². The maximum absolute atomic E-state index is 14.9. The number of para-hydroxylation sites is 1. The number of methoxy groups -OCH3 is 3. The minimum Gasteiger partial charge on any atom is -0.453 e. The number of hydrogen-bond acceptors (Lipinski definition) is 17. The highest BCUT2D eigenvalue weighted by atomic mass is 35.5. The lowest BCUT2D eigenvalue weighted by molar-refractivity contribution is 0.0880. The number of nitrogens with two attached hydrogens (primary N) is 1.